The Morgan fingerprint density at radius 2 is 1.48 bits per heavy atom. The van der Waals surface area contributed by atoms with Crippen LogP contribution >= 0.6 is 0 Å². The summed E-state index contributed by atoms with van der Waals surface area (Å²) in [6, 6.07) is 4.26. The first-order valence-corrected chi connectivity index (χ1v) is 6.28. The molecule has 0 aromatic heterocycles. The van der Waals surface area contributed by atoms with Crippen LogP contribution in [0.25, 0.3) is 0 Å². The number of carbonyl (C=O) groups is 2. The van der Waals surface area contributed by atoms with Gasteiger partial charge in [-0.05, 0) is 24.7 Å². The van der Waals surface area contributed by atoms with Crippen LogP contribution in [0.5, 0.6) is 11.5 Å². The number of rotatable bonds is 6. The highest BCUT2D eigenvalue weighted by Gasteiger charge is 2.29. The summed E-state index contributed by atoms with van der Waals surface area (Å²) in [5.41, 5.74) is 0.574. The molecule has 0 unspecified atom stereocenters. The molecule has 0 heterocycles. The van der Waals surface area contributed by atoms with E-state index in [1.165, 1.54) is 12.1 Å². The molecule has 3 atom stereocenters. The van der Waals surface area contributed by atoms with Crippen LogP contribution in [0.1, 0.15) is 11.7 Å². The van der Waals surface area contributed by atoms with E-state index in [1.807, 2.05) is 0 Å². The van der Waals surface area contributed by atoms with Gasteiger partial charge in [-0.25, -0.2) is 9.59 Å². The highest BCUT2D eigenvalue weighted by molar-refractivity contribution is 5.83. The van der Waals surface area contributed by atoms with Gasteiger partial charge in [-0.1, -0.05) is 6.07 Å². The van der Waals surface area contributed by atoms with E-state index < -0.39 is 30.3 Å². The second-order valence-corrected chi connectivity index (χ2v) is 4.39. The van der Waals surface area contributed by atoms with Crippen molar-refractivity contribution >= 4 is 11.9 Å². The van der Waals surface area contributed by atoms with Gasteiger partial charge in [0, 0.05) is 6.54 Å². The van der Waals surface area contributed by atoms with Crippen LogP contribution in [0.2, 0.25) is 0 Å². The number of likely N-dealkylation sites (N-methyl/N-ethyl adjacent to an activating group) is 1. The summed E-state index contributed by atoms with van der Waals surface area (Å²) < 4.78 is 0. The molecule has 0 aliphatic rings. The van der Waals surface area contributed by atoms with Crippen LogP contribution in [-0.4, -0.2) is 73.5 Å². The number of carboxylic acid groups (broad SMARTS) is 2. The van der Waals surface area contributed by atoms with Crippen LogP contribution < -0.4 is 5.32 Å². The van der Waals surface area contributed by atoms with E-state index in [1.54, 1.807) is 13.1 Å². The number of aliphatic hydroxyl groups excluding tert-OH is 3. The third kappa shape index (κ3) is 6.93. The number of phenols is 2. The van der Waals surface area contributed by atoms with Crippen molar-refractivity contribution < 1.29 is 45.3 Å². The van der Waals surface area contributed by atoms with Crippen LogP contribution in [-0.2, 0) is 9.59 Å². The van der Waals surface area contributed by atoms with Crippen molar-refractivity contribution in [1.82, 2.24) is 5.32 Å². The number of phenolic OH excluding ortho intramolecular Hbond substituents is 2. The maximum absolute atomic E-state index is 9.77. The Morgan fingerprint density at radius 3 is 1.83 bits per heavy atom. The monoisotopic (exact) mass is 333 g/mol. The molecule has 0 fully saturated rings. The maximum Gasteiger partial charge on any atom is 0.335 e. The first-order valence-electron chi connectivity index (χ1n) is 6.28. The highest BCUT2D eigenvalue weighted by Crippen LogP contribution is 2.27. The van der Waals surface area contributed by atoms with Crippen molar-refractivity contribution in [3.8, 4) is 11.5 Å². The number of benzene rings is 1. The molecule has 0 bridgehead atoms. The number of aromatic hydroxyl groups is 2. The van der Waals surface area contributed by atoms with E-state index in [0.29, 0.717) is 12.1 Å². The minimum atomic E-state index is -2.27. The highest BCUT2D eigenvalue weighted by atomic mass is 16.4. The lowest BCUT2D eigenvalue weighted by molar-refractivity contribution is -0.165. The summed E-state index contributed by atoms with van der Waals surface area (Å²) in [5, 5.41) is 63.0. The molecular weight excluding hydrogens is 314 g/mol. The van der Waals surface area contributed by atoms with E-state index in [0.717, 1.165) is 0 Å². The lowest BCUT2D eigenvalue weighted by atomic mass is 10.1. The molecule has 0 saturated carbocycles. The summed E-state index contributed by atoms with van der Waals surface area (Å²) in [5.74, 6) is -3.93. The van der Waals surface area contributed by atoms with Gasteiger partial charge >= 0.3 is 11.9 Å². The second kappa shape index (κ2) is 9.58. The van der Waals surface area contributed by atoms with Gasteiger partial charge in [0.25, 0.3) is 0 Å². The van der Waals surface area contributed by atoms with Gasteiger partial charge in [0.15, 0.2) is 23.7 Å². The van der Waals surface area contributed by atoms with Gasteiger partial charge in [-0.15, -0.1) is 0 Å². The topological polar surface area (TPSA) is 188 Å². The summed E-state index contributed by atoms with van der Waals surface area (Å²) in [4.78, 5) is 19.5. The molecule has 130 valence electrons. The molecule has 8 N–H and O–H groups in total. The molecular formula is C13H19NO9. The molecule has 10 nitrogen and oxygen atoms in total. The van der Waals surface area contributed by atoms with Gasteiger partial charge in [-0.3, -0.25) is 0 Å². The molecule has 0 aliphatic carbocycles. The summed E-state index contributed by atoms with van der Waals surface area (Å²) >= 11 is 0. The van der Waals surface area contributed by atoms with Crippen LogP contribution in [0.15, 0.2) is 18.2 Å². The Hall–Kier alpha value is -2.40. The third-order valence-electron chi connectivity index (χ3n) is 2.59. The van der Waals surface area contributed by atoms with Gasteiger partial charge < -0.3 is 41.1 Å². The molecule has 0 amide bonds. The van der Waals surface area contributed by atoms with Crippen molar-refractivity contribution in [2.75, 3.05) is 13.6 Å². The molecule has 23 heavy (non-hydrogen) atoms. The van der Waals surface area contributed by atoms with Crippen LogP contribution in [0.4, 0.5) is 0 Å². The zero-order valence-electron chi connectivity index (χ0n) is 12.1. The quantitative estimate of drug-likeness (QED) is 0.277. The fourth-order valence-corrected chi connectivity index (χ4v) is 1.33. The first kappa shape index (κ1) is 20.6. The first-order chi connectivity index (χ1) is 10.6. The summed E-state index contributed by atoms with van der Waals surface area (Å²) in [6.45, 7) is 0.407. The lowest BCUT2D eigenvalue weighted by Crippen LogP contribution is -2.39. The van der Waals surface area contributed by atoms with Crippen molar-refractivity contribution in [3.05, 3.63) is 23.8 Å². The van der Waals surface area contributed by atoms with Crippen molar-refractivity contribution in [3.63, 3.8) is 0 Å². The average Bonchev–Trinajstić information content (AvgIpc) is 2.49. The second-order valence-electron chi connectivity index (χ2n) is 4.39. The van der Waals surface area contributed by atoms with E-state index in [9.17, 15) is 14.7 Å². The predicted octanol–water partition coefficient (Wildman–Crippen LogP) is -1.77. The van der Waals surface area contributed by atoms with Crippen LogP contribution in [0, 0.1) is 0 Å². The number of hydrogen-bond donors (Lipinski definition) is 8. The Labute approximate surface area is 130 Å². The standard InChI is InChI=1S/C9H13NO3.C4H6O6/c1-10-5-9(13)6-2-3-7(11)8(12)4-6;5-1(3(7)8)2(6)4(9)10/h2-4,9-13H,5H2,1H3;1-2,5-6H,(H,7,8)(H,9,10)/t9-;1-,2-/m01/s1. The minimum absolute atomic E-state index is 0.180. The molecule has 0 spiro atoms. The molecule has 10 heteroatoms. The van der Waals surface area contributed by atoms with E-state index in [2.05, 4.69) is 5.32 Å². The summed E-state index contributed by atoms with van der Waals surface area (Å²) in [7, 11) is 1.73. The zero-order chi connectivity index (χ0) is 18.2. The number of hydrogen-bond acceptors (Lipinski definition) is 8. The Balaban J connectivity index is 0.000000438. The lowest BCUT2D eigenvalue weighted by Gasteiger charge is -2.10. The van der Waals surface area contributed by atoms with Gasteiger partial charge in [0.2, 0.25) is 0 Å². The van der Waals surface area contributed by atoms with Gasteiger partial charge in [-0.2, -0.15) is 0 Å². The van der Waals surface area contributed by atoms with Crippen LogP contribution in [0.3, 0.4) is 0 Å². The number of nitrogens with one attached hydrogen (secondary N) is 1. The number of carboxylic acids is 2. The number of aliphatic carboxylic acids is 2. The Bertz CT molecular complexity index is 516. The van der Waals surface area contributed by atoms with Gasteiger partial charge in [0.1, 0.15) is 0 Å². The molecule has 0 aliphatic heterocycles. The molecule has 1 aromatic rings. The fraction of sp³-hybridized carbons (Fsp3) is 0.385. The smallest absolute Gasteiger partial charge is 0.335 e. The maximum atomic E-state index is 9.77. The van der Waals surface area contributed by atoms with E-state index in [-0.39, 0.29) is 11.5 Å². The van der Waals surface area contributed by atoms with Crippen molar-refractivity contribution in [2.24, 2.45) is 0 Å². The van der Waals surface area contributed by atoms with Crippen molar-refractivity contribution in [2.45, 2.75) is 18.3 Å². The normalized spacial score (nSPS) is 14.1. The predicted molar refractivity (Wildman–Crippen MR) is 75.9 cm³/mol. The SMILES string of the molecule is CNC[C@H](O)c1ccc(O)c(O)c1.O=C(O)[C@H](O)[C@@H](O)C(=O)O. The largest absolute Gasteiger partial charge is 0.504 e. The molecule has 0 radical (unpaired) electrons. The minimum Gasteiger partial charge on any atom is -0.504 e. The van der Waals surface area contributed by atoms with Gasteiger partial charge in [0.05, 0.1) is 6.10 Å². The summed E-state index contributed by atoms with van der Waals surface area (Å²) in [6.07, 6.45) is -5.20. The number of aliphatic hydroxyl groups is 3. The van der Waals surface area contributed by atoms with E-state index >= 15 is 0 Å². The van der Waals surface area contributed by atoms with E-state index in [4.69, 9.17) is 30.6 Å². The molecule has 0 saturated heterocycles. The Kier molecular flexibility index (Phi) is 8.58. The third-order valence-corrected chi connectivity index (χ3v) is 2.59. The zero-order valence-corrected chi connectivity index (χ0v) is 12.1. The average molecular weight is 333 g/mol. The molecule has 1 rings (SSSR count). The van der Waals surface area contributed by atoms with Crippen molar-refractivity contribution in [1.29, 1.82) is 0 Å². The fourth-order valence-electron chi connectivity index (χ4n) is 1.33. The Morgan fingerprint density at radius 1 is 1.00 bits per heavy atom. The molecule has 1 aromatic carbocycles.